The van der Waals surface area contributed by atoms with E-state index in [9.17, 15) is 5.11 Å². The number of hydrogen-bond donors (Lipinski definition) is 2. The Kier molecular flexibility index (Phi) is 5.44. The number of aliphatic hydroxyl groups excluding tert-OH is 1. The van der Waals surface area contributed by atoms with Gasteiger partial charge in [0.15, 0.2) is 0 Å². The summed E-state index contributed by atoms with van der Waals surface area (Å²) in [4.78, 5) is 0. The Morgan fingerprint density at radius 2 is 2.00 bits per heavy atom. The average Bonchev–Trinajstić information content (AvgIpc) is 2.52. The van der Waals surface area contributed by atoms with Crippen LogP contribution in [0.4, 0.5) is 5.69 Å². The number of nitrogens with one attached hydrogen (secondary N) is 1. The van der Waals surface area contributed by atoms with Gasteiger partial charge < -0.3 is 15.2 Å². The van der Waals surface area contributed by atoms with E-state index in [1.165, 1.54) is 0 Å². The lowest BCUT2D eigenvalue weighted by molar-refractivity contribution is 0.117. The van der Waals surface area contributed by atoms with Crippen molar-refractivity contribution in [2.75, 3.05) is 18.5 Å². The van der Waals surface area contributed by atoms with Crippen LogP contribution in [0.5, 0.6) is 5.75 Å². The molecule has 2 N–H and O–H groups in total. The molecule has 1 atom stereocenters. The Bertz CT molecular complexity index is 623. The number of nitriles is 1. The van der Waals surface area contributed by atoms with Gasteiger partial charge in [-0.05, 0) is 42.5 Å². The van der Waals surface area contributed by atoms with Crippen LogP contribution in [0, 0.1) is 11.3 Å². The molecular formula is C16H15ClN2O2. The molecule has 2 rings (SSSR count). The van der Waals surface area contributed by atoms with Crippen LogP contribution in [0.15, 0.2) is 48.5 Å². The smallest absolute Gasteiger partial charge is 0.119 e. The van der Waals surface area contributed by atoms with Gasteiger partial charge in [0.1, 0.15) is 18.5 Å². The second-order valence-electron chi connectivity index (χ2n) is 4.49. The standard InChI is InChI=1S/C16H15ClN2O2/c17-13-4-6-16(7-5-13)21-11-15(20)10-19-14-3-1-2-12(8-14)9-18/h1-8,15,19-20H,10-11H2. The van der Waals surface area contributed by atoms with Crippen LogP contribution in [0.1, 0.15) is 5.56 Å². The Morgan fingerprint density at radius 3 is 2.71 bits per heavy atom. The van der Waals surface area contributed by atoms with Gasteiger partial charge in [-0.3, -0.25) is 0 Å². The number of hydrogen-bond acceptors (Lipinski definition) is 4. The highest BCUT2D eigenvalue weighted by Crippen LogP contribution is 2.15. The van der Waals surface area contributed by atoms with E-state index in [-0.39, 0.29) is 6.61 Å². The second-order valence-corrected chi connectivity index (χ2v) is 4.93. The second kappa shape index (κ2) is 7.53. The molecule has 4 nitrogen and oxygen atoms in total. The largest absolute Gasteiger partial charge is 0.491 e. The van der Waals surface area contributed by atoms with Crippen molar-refractivity contribution in [2.45, 2.75) is 6.10 Å². The lowest BCUT2D eigenvalue weighted by Gasteiger charge is -2.14. The molecule has 2 aromatic carbocycles. The zero-order valence-corrected chi connectivity index (χ0v) is 12.0. The van der Waals surface area contributed by atoms with E-state index in [2.05, 4.69) is 11.4 Å². The molecule has 0 fully saturated rings. The van der Waals surface area contributed by atoms with Crippen LogP contribution >= 0.6 is 11.6 Å². The fourth-order valence-electron chi connectivity index (χ4n) is 1.72. The minimum Gasteiger partial charge on any atom is -0.491 e. The van der Waals surface area contributed by atoms with Gasteiger partial charge in [0.2, 0.25) is 0 Å². The van der Waals surface area contributed by atoms with Crippen molar-refractivity contribution in [3.05, 3.63) is 59.1 Å². The van der Waals surface area contributed by atoms with Crippen LogP contribution in [0.2, 0.25) is 5.02 Å². The van der Waals surface area contributed by atoms with Crippen molar-refractivity contribution in [1.82, 2.24) is 0 Å². The minimum absolute atomic E-state index is 0.173. The highest BCUT2D eigenvalue weighted by Gasteiger charge is 2.05. The molecule has 0 saturated carbocycles. The molecule has 108 valence electrons. The lowest BCUT2D eigenvalue weighted by atomic mass is 10.2. The minimum atomic E-state index is -0.661. The third-order valence-corrected chi connectivity index (χ3v) is 3.04. The van der Waals surface area contributed by atoms with E-state index < -0.39 is 6.10 Å². The summed E-state index contributed by atoms with van der Waals surface area (Å²) in [5.41, 5.74) is 1.37. The fraction of sp³-hybridized carbons (Fsp3) is 0.188. The summed E-state index contributed by atoms with van der Waals surface area (Å²) >= 11 is 5.78. The molecule has 0 spiro atoms. The van der Waals surface area contributed by atoms with Crippen LogP contribution in [0.25, 0.3) is 0 Å². The molecule has 0 bridgehead atoms. The summed E-state index contributed by atoms with van der Waals surface area (Å²) in [7, 11) is 0. The van der Waals surface area contributed by atoms with Crippen LogP contribution in [0.3, 0.4) is 0 Å². The first-order chi connectivity index (χ1) is 10.2. The molecular weight excluding hydrogens is 288 g/mol. The summed E-state index contributed by atoms with van der Waals surface area (Å²) in [6.45, 7) is 0.509. The van der Waals surface area contributed by atoms with Crippen LogP contribution in [-0.2, 0) is 0 Å². The molecule has 0 amide bonds. The number of benzene rings is 2. The van der Waals surface area contributed by atoms with E-state index >= 15 is 0 Å². The number of ether oxygens (including phenoxy) is 1. The first kappa shape index (κ1) is 15.2. The molecule has 5 heteroatoms. The maximum absolute atomic E-state index is 9.87. The lowest BCUT2D eigenvalue weighted by Crippen LogP contribution is -2.26. The summed E-state index contributed by atoms with van der Waals surface area (Å²) in [6, 6.07) is 16.1. The highest BCUT2D eigenvalue weighted by atomic mass is 35.5. The average molecular weight is 303 g/mol. The van der Waals surface area contributed by atoms with Crippen molar-refractivity contribution in [3.8, 4) is 11.8 Å². The van der Waals surface area contributed by atoms with Gasteiger partial charge in [0.05, 0.1) is 11.6 Å². The van der Waals surface area contributed by atoms with Crippen molar-refractivity contribution in [3.63, 3.8) is 0 Å². The number of rotatable bonds is 6. The third kappa shape index (κ3) is 4.99. The zero-order chi connectivity index (χ0) is 15.1. The molecule has 21 heavy (non-hydrogen) atoms. The molecule has 0 heterocycles. The van der Waals surface area contributed by atoms with Gasteiger partial charge in [-0.25, -0.2) is 0 Å². The quantitative estimate of drug-likeness (QED) is 0.860. The van der Waals surface area contributed by atoms with E-state index in [1.807, 2.05) is 6.07 Å². The molecule has 0 aliphatic rings. The normalized spacial score (nSPS) is 11.5. The molecule has 2 aromatic rings. The number of anilines is 1. The van der Waals surface area contributed by atoms with E-state index in [0.29, 0.717) is 22.9 Å². The van der Waals surface area contributed by atoms with Crippen molar-refractivity contribution in [1.29, 1.82) is 5.26 Å². The molecule has 0 saturated heterocycles. The Morgan fingerprint density at radius 1 is 1.24 bits per heavy atom. The molecule has 0 aromatic heterocycles. The van der Waals surface area contributed by atoms with Crippen molar-refractivity contribution >= 4 is 17.3 Å². The zero-order valence-electron chi connectivity index (χ0n) is 11.3. The molecule has 0 aliphatic heterocycles. The molecule has 1 unspecified atom stereocenters. The SMILES string of the molecule is N#Cc1cccc(NCC(O)COc2ccc(Cl)cc2)c1. The molecule has 0 aliphatic carbocycles. The monoisotopic (exact) mass is 302 g/mol. The summed E-state index contributed by atoms with van der Waals surface area (Å²) in [6.07, 6.45) is -0.661. The topological polar surface area (TPSA) is 65.3 Å². The van der Waals surface area contributed by atoms with Gasteiger partial charge in [0, 0.05) is 17.3 Å². The van der Waals surface area contributed by atoms with Gasteiger partial charge in [-0.1, -0.05) is 17.7 Å². The predicted molar refractivity (Wildman–Crippen MR) is 82.6 cm³/mol. The summed E-state index contributed by atoms with van der Waals surface area (Å²) in [5, 5.41) is 22.4. The summed E-state index contributed by atoms with van der Waals surface area (Å²) < 4.78 is 5.46. The van der Waals surface area contributed by atoms with Gasteiger partial charge in [-0.15, -0.1) is 0 Å². The first-order valence-corrected chi connectivity index (χ1v) is 6.85. The number of aliphatic hydroxyl groups is 1. The summed E-state index contributed by atoms with van der Waals surface area (Å²) in [5.74, 6) is 0.657. The highest BCUT2D eigenvalue weighted by molar-refractivity contribution is 6.30. The van der Waals surface area contributed by atoms with Crippen LogP contribution < -0.4 is 10.1 Å². The van der Waals surface area contributed by atoms with Gasteiger partial charge >= 0.3 is 0 Å². The van der Waals surface area contributed by atoms with E-state index in [0.717, 1.165) is 5.69 Å². The van der Waals surface area contributed by atoms with E-state index in [1.54, 1.807) is 42.5 Å². The van der Waals surface area contributed by atoms with E-state index in [4.69, 9.17) is 21.6 Å². The maximum Gasteiger partial charge on any atom is 0.119 e. The first-order valence-electron chi connectivity index (χ1n) is 6.48. The fourth-order valence-corrected chi connectivity index (χ4v) is 1.84. The van der Waals surface area contributed by atoms with Crippen molar-refractivity contribution in [2.24, 2.45) is 0 Å². The number of halogens is 1. The maximum atomic E-state index is 9.87. The van der Waals surface area contributed by atoms with Gasteiger partial charge in [0.25, 0.3) is 0 Å². The third-order valence-electron chi connectivity index (χ3n) is 2.79. The van der Waals surface area contributed by atoms with Gasteiger partial charge in [-0.2, -0.15) is 5.26 Å². The Hall–Kier alpha value is -2.22. The molecule has 0 radical (unpaired) electrons. The Labute approximate surface area is 128 Å². The Balaban J connectivity index is 1.78. The van der Waals surface area contributed by atoms with Crippen molar-refractivity contribution < 1.29 is 9.84 Å². The number of nitrogens with zero attached hydrogens (tertiary/aromatic N) is 1. The predicted octanol–water partition coefficient (Wildman–Crippen LogP) is 3.06. The van der Waals surface area contributed by atoms with Crippen LogP contribution in [-0.4, -0.2) is 24.4 Å².